The molecule has 0 heterocycles. The van der Waals surface area contributed by atoms with Crippen LogP contribution < -0.4 is 15.5 Å². The van der Waals surface area contributed by atoms with E-state index < -0.39 is 26.6 Å². The highest BCUT2D eigenvalue weighted by Gasteiger charge is 2.15. The van der Waals surface area contributed by atoms with E-state index >= 15 is 0 Å². The van der Waals surface area contributed by atoms with E-state index in [9.17, 15) is 19.5 Å². The van der Waals surface area contributed by atoms with Gasteiger partial charge >= 0.3 is 0 Å². The smallest absolute Gasteiger partial charge is 0.138 e. The number of rotatable bonds is 16. The van der Waals surface area contributed by atoms with E-state index in [1.165, 1.54) is 51.4 Å². The summed E-state index contributed by atoms with van der Waals surface area (Å²) in [5, 5.41) is 9.76. The molecule has 0 aliphatic carbocycles. The van der Waals surface area contributed by atoms with E-state index in [1.807, 2.05) is 6.08 Å². The zero-order valence-corrected chi connectivity index (χ0v) is 16.4. The van der Waals surface area contributed by atoms with Crippen LogP contribution in [0.4, 0.5) is 0 Å². The number of aliphatic hydroxyl groups excluding tert-OH is 1. The summed E-state index contributed by atoms with van der Waals surface area (Å²) < 4.78 is 14.5. The summed E-state index contributed by atoms with van der Waals surface area (Å²) in [5.74, 6) is 0. The van der Waals surface area contributed by atoms with Crippen LogP contribution in [0.1, 0.15) is 71.1 Å². The fourth-order valence-electron chi connectivity index (χ4n) is 2.31. The molecule has 0 saturated carbocycles. The molecule has 2 atom stereocenters. The van der Waals surface area contributed by atoms with Crippen LogP contribution in [-0.4, -0.2) is 23.9 Å². The molecule has 0 aromatic heterocycles. The van der Waals surface area contributed by atoms with Crippen molar-refractivity contribution in [3.8, 4) is 0 Å². The van der Waals surface area contributed by atoms with Gasteiger partial charge < -0.3 is 29.7 Å². The highest BCUT2D eigenvalue weighted by atomic mass is 31.2. The molecule has 0 amide bonds. The lowest BCUT2D eigenvalue weighted by atomic mass is 10.1. The maximum atomic E-state index is 10.4. The summed E-state index contributed by atoms with van der Waals surface area (Å²) in [6.07, 6.45) is 18.8. The maximum Gasteiger partial charge on any atom is 0.138 e. The zero-order valence-electron chi connectivity index (χ0n) is 15.5. The third kappa shape index (κ3) is 18.1. The Hall–Kier alpha value is -0.490. The predicted molar refractivity (Wildman–Crippen MR) is 96.4 cm³/mol. The van der Waals surface area contributed by atoms with E-state index in [4.69, 9.17) is 0 Å². The average molecular weight is 376 g/mol. The van der Waals surface area contributed by atoms with Gasteiger partial charge in [-0.15, -0.1) is 0 Å². The molecule has 0 unspecified atom stereocenters. The lowest BCUT2D eigenvalue weighted by Gasteiger charge is -2.29. The molecule has 0 rings (SSSR count). The molecule has 25 heavy (non-hydrogen) atoms. The van der Waals surface area contributed by atoms with Crippen LogP contribution in [-0.2, 0) is 9.09 Å². The summed E-state index contributed by atoms with van der Waals surface area (Å²) >= 11 is 0. The van der Waals surface area contributed by atoms with Gasteiger partial charge in [-0.1, -0.05) is 63.3 Å². The largest absolute Gasteiger partial charge is 0.790 e. The molecule has 4 N–H and O–H groups in total. The van der Waals surface area contributed by atoms with Gasteiger partial charge in [-0.25, -0.2) is 0 Å². The molecule has 6 nitrogen and oxygen atoms in total. The second-order valence-corrected chi connectivity index (χ2v) is 7.53. The molecule has 0 aliphatic rings. The lowest BCUT2D eigenvalue weighted by Crippen LogP contribution is -2.68. The topological polar surface area (TPSA) is 120 Å². The first-order chi connectivity index (χ1) is 11.9. The van der Waals surface area contributed by atoms with Crippen LogP contribution in [0.5, 0.6) is 0 Å². The minimum absolute atomic E-state index is 0.399. The van der Waals surface area contributed by atoms with Crippen LogP contribution in [0.15, 0.2) is 24.3 Å². The molecular formula is C18H35NO5P-. The van der Waals surface area contributed by atoms with Gasteiger partial charge in [0, 0.05) is 0 Å². The number of hydrogen-bond acceptors (Lipinski definition) is 5. The Kier molecular flexibility index (Phi) is 15.4. The quantitative estimate of drug-likeness (QED) is 0.242. The Bertz CT molecular complexity index is 408. The fraction of sp³-hybridized carbons (Fsp3) is 0.778. The zero-order chi connectivity index (χ0) is 19.0. The van der Waals surface area contributed by atoms with Crippen molar-refractivity contribution in [2.75, 3.05) is 6.61 Å². The summed E-state index contributed by atoms with van der Waals surface area (Å²) in [6.45, 7) is 1.79. The van der Waals surface area contributed by atoms with Crippen LogP contribution in [0.3, 0.4) is 0 Å². The van der Waals surface area contributed by atoms with Gasteiger partial charge in [0.2, 0.25) is 0 Å². The summed E-state index contributed by atoms with van der Waals surface area (Å²) in [6, 6.07) is -0.682. The SMILES string of the molecule is CCC/C=C\CCCCCCCC/C=C/[C@@H](O)[C@@H]([NH3+])COP(=O)([O-])[O-]. The van der Waals surface area contributed by atoms with Gasteiger partial charge in [-0.2, -0.15) is 0 Å². The van der Waals surface area contributed by atoms with E-state index in [1.54, 1.807) is 6.08 Å². The third-order valence-electron chi connectivity index (χ3n) is 3.88. The monoisotopic (exact) mass is 376 g/mol. The highest BCUT2D eigenvalue weighted by molar-refractivity contribution is 7.43. The molecule has 0 fully saturated rings. The van der Waals surface area contributed by atoms with Crippen molar-refractivity contribution in [3.05, 3.63) is 24.3 Å². The number of quaternary nitrogens is 1. The van der Waals surface area contributed by atoms with Gasteiger partial charge in [-0.05, 0) is 32.1 Å². The lowest BCUT2D eigenvalue weighted by molar-refractivity contribution is -0.441. The minimum Gasteiger partial charge on any atom is -0.790 e. The summed E-state index contributed by atoms with van der Waals surface area (Å²) in [4.78, 5) is 20.7. The maximum absolute atomic E-state index is 10.4. The van der Waals surface area contributed by atoms with E-state index in [2.05, 4.69) is 29.3 Å². The van der Waals surface area contributed by atoms with Crippen molar-refractivity contribution in [1.29, 1.82) is 0 Å². The number of phosphoric ester groups is 1. The highest BCUT2D eigenvalue weighted by Crippen LogP contribution is 2.24. The molecule has 0 saturated heterocycles. The second-order valence-electron chi connectivity index (χ2n) is 6.38. The first-order valence-corrected chi connectivity index (χ1v) is 10.8. The van der Waals surface area contributed by atoms with Crippen molar-refractivity contribution >= 4 is 7.82 Å². The number of hydrogen-bond donors (Lipinski definition) is 2. The van der Waals surface area contributed by atoms with Crippen LogP contribution in [0.25, 0.3) is 0 Å². The molecular weight excluding hydrogens is 341 g/mol. The van der Waals surface area contributed by atoms with Gasteiger partial charge in [0.05, 0.1) is 7.82 Å². The van der Waals surface area contributed by atoms with Crippen molar-refractivity contribution in [2.45, 2.75) is 83.3 Å². The summed E-state index contributed by atoms with van der Waals surface area (Å²) in [5.41, 5.74) is 3.59. The fourth-order valence-corrected chi connectivity index (χ4v) is 2.69. The number of aliphatic hydroxyl groups is 1. The van der Waals surface area contributed by atoms with Crippen LogP contribution in [0.2, 0.25) is 0 Å². The molecule has 148 valence electrons. The van der Waals surface area contributed by atoms with Crippen LogP contribution in [0, 0.1) is 0 Å². The Morgan fingerprint density at radius 2 is 1.52 bits per heavy atom. The van der Waals surface area contributed by atoms with Gasteiger partial charge in [0.25, 0.3) is 0 Å². The van der Waals surface area contributed by atoms with Crippen molar-refractivity contribution < 1.29 is 29.7 Å². The number of unbranched alkanes of at least 4 members (excludes halogenated alkanes) is 8. The molecule has 0 aromatic carbocycles. The Balaban J connectivity index is 3.51. The molecule has 0 spiro atoms. The Morgan fingerprint density at radius 1 is 1.00 bits per heavy atom. The molecule has 0 bridgehead atoms. The second kappa shape index (κ2) is 15.7. The van der Waals surface area contributed by atoms with Gasteiger partial charge in [0.15, 0.2) is 0 Å². The average Bonchev–Trinajstić information content (AvgIpc) is 2.56. The van der Waals surface area contributed by atoms with E-state index in [0.717, 1.165) is 12.8 Å². The number of allylic oxidation sites excluding steroid dienone is 3. The molecule has 0 aromatic rings. The first-order valence-electron chi connectivity index (χ1n) is 9.36. The Labute approximate surface area is 152 Å². The van der Waals surface area contributed by atoms with Crippen molar-refractivity contribution in [3.63, 3.8) is 0 Å². The van der Waals surface area contributed by atoms with Gasteiger partial charge in [0.1, 0.15) is 18.8 Å². The first kappa shape index (κ1) is 24.5. The minimum atomic E-state index is -5.00. The van der Waals surface area contributed by atoms with Crippen LogP contribution >= 0.6 is 7.82 Å². The standard InChI is InChI=1S/C18H36NO5P/c1-2-3-4-5-6-7-8-9-10-11-12-13-14-15-18(20)17(19)16-24-25(21,22)23/h4-5,14-15,17-18,20H,2-3,6-13,16,19H2,1H3,(H2,21,22,23)/p-1/b5-4-,15-14+/t17-,18+/m0/s1. The van der Waals surface area contributed by atoms with Crippen molar-refractivity contribution in [2.24, 2.45) is 0 Å². The third-order valence-corrected chi connectivity index (χ3v) is 4.34. The molecule has 7 heteroatoms. The van der Waals surface area contributed by atoms with E-state index in [0.29, 0.717) is 0 Å². The molecule has 0 radical (unpaired) electrons. The Morgan fingerprint density at radius 3 is 2.08 bits per heavy atom. The normalized spacial score (nSPS) is 15.2. The number of phosphoric acid groups is 1. The molecule has 0 aliphatic heterocycles. The summed E-state index contributed by atoms with van der Waals surface area (Å²) in [7, 11) is -5.00. The van der Waals surface area contributed by atoms with E-state index in [-0.39, 0.29) is 0 Å². The van der Waals surface area contributed by atoms with Gasteiger partial charge in [-0.3, -0.25) is 0 Å². The predicted octanol–water partition coefficient (Wildman–Crippen LogP) is 1.84. The van der Waals surface area contributed by atoms with Crippen molar-refractivity contribution in [1.82, 2.24) is 0 Å².